The Labute approximate surface area is 361 Å². The predicted octanol–water partition coefficient (Wildman–Crippen LogP) is 14.7. The molecule has 0 bridgehead atoms. The van der Waals surface area contributed by atoms with Gasteiger partial charge in [-0.05, 0) is 86.0 Å². The van der Waals surface area contributed by atoms with Crippen molar-refractivity contribution in [1.29, 1.82) is 0 Å². The number of fused-ring (bicyclic) bond motifs is 18. The molecule has 0 atom stereocenters. The third-order valence-electron chi connectivity index (χ3n) is 13.4. The summed E-state index contributed by atoms with van der Waals surface area (Å²) in [7, 11) is 0. The Morgan fingerprint density at radius 1 is 0.302 bits per heavy atom. The van der Waals surface area contributed by atoms with Crippen molar-refractivity contribution in [1.82, 2.24) is 15.0 Å². The molecule has 0 saturated carbocycles. The molecule has 2 aliphatic carbocycles. The molecular formula is C58H33N3O2. The monoisotopic (exact) mass is 803 g/mol. The minimum absolute atomic E-state index is 0.530. The van der Waals surface area contributed by atoms with Crippen LogP contribution in [0.25, 0.3) is 111 Å². The summed E-state index contributed by atoms with van der Waals surface area (Å²) in [6.07, 6.45) is 0. The Kier molecular flexibility index (Phi) is 6.97. The van der Waals surface area contributed by atoms with E-state index in [1.807, 2.05) is 54.6 Å². The van der Waals surface area contributed by atoms with Crippen LogP contribution in [-0.2, 0) is 5.41 Å². The van der Waals surface area contributed by atoms with Crippen molar-refractivity contribution in [2.24, 2.45) is 0 Å². The molecule has 0 fully saturated rings. The van der Waals surface area contributed by atoms with Crippen molar-refractivity contribution in [3.8, 4) is 67.5 Å². The van der Waals surface area contributed by atoms with E-state index in [4.69, 9.17) is 23.8 Å². The number of benzene rings is 9. The Balaban J connectivity index is 1.07. The number of para-hydroxylation sites is 3. The summed E-state index contributed by atoms with van der Waals surface area (Å²) in [6.45, 7) is 0. The van der Waals surface area contributed by atoms with E-state index in [0.717, 1.165) is 71.7 Å². The van der Waals surface area contributed by atoms with E-state index < -0.39 is 5.41 Å². The summed E-state index contributed by atoms with van der Waals surface area (Å²) in [5.74, 6) is 1.65. The van der Waals surface area contributed by atoms with Crippen molar-refractivity contribution >= 4 is 43.9 Å². The molecule has 2 aliphatic rings. The lowest BCUT2D eigenvalue weighted by atomic mass is 9.66. The molecule has 1 spiro atoms. The zero-order valence-corrected chi connectivity index (χ0v) is 33.7. The molecule has 0 aliphatic heterocycles. The van der Waals surface area contributed by atoms with E-state index in [1.54, 1.807) is 0 Å². The van der Waals surface area contributed by atoms with Crippen LogP contribution >= 0.6 is 0 Å². The van der Waals surface area contributed by atoms with Gasteiger partial charge in [-0.25, -0.2) is 15.0 Å². The zero-order chi connectivity index (χ0) is 41.2. The van der Waals surface area contributed by atoms with Gasteiger partial charge in [0.05, 0.1) is 11.0 Å². The molecule has 292 valence electrons. The van der Waals surface area contributed by atoms with E-state index in [1.165, 1.54) is 44.5 Å². The van der Waals surface area contributed by atoms with Gasteiger partial charge in [-0.2, -0.15) is 0 Å². The standard InChI is InChI=1S/C58H33N3O2/c1-2-16-36-35(15-1)37-17-3-8-25-46(37)58(47-26-9-4-18-38(47)39-19-5-10-27-48(39)58)49-32-31-34(33-45(36)49)55-59-56(43-23-14-30-52-53(43)42-21-7-12-29-51(42)62-52)61-57(60-55)44-24-13-22-41-40-20-6-11-28-50(40)63-54(41)44/h1-33H. The Morgan fingerprint density at radius 3 is 1.48 bits per heavy atom. The van der Waals surface area contributed by atoms with Crippen LogP contribution in [0.2, 0.25) is 0 Å². The Morgan fingerprint density at radius 2 is 0.762 bits per heavy atom. The molecule has 0 radical (unpaired) electrons. The van der Waals surface area contributed by atoms with Crippen LogP contribution in [0.5, 0.6) is 0 Å². The lowest BCUT2D eigenvalue weighted by molar-refractivity contribution is 0.668. The maximum Gasteiger partial charge on any atom is 0.167 e. The van der Waals surface area contributed by atoms with Gasteiger partial charge in [0.15, 0.2) is 17.5 Å². The first-order valence-electron chi connectivity index (χ1n) is 21.3. The van der Waals surface area contributed by atoms with Crippen molar-refractivity contribution in [2.45, 2.75) is 5.41 Å². The molecule has 14 rings (SSSR count). The van der Waals surface area contributed by atoms with E-state index in [9.17, 15) is 0 Å². The molecule has 5 heteroatoms. The van der Waals surface area contributed by atoms with Crippen molar-refractivity contribution in [2.75, 3.05) is 0 Å². The maximum atomic E-state index is 6.60. The highest BCUT2D eigenvalue weighted by Gasteiger charge is 2.49. The smallest absolute Gasteiger partial charge is 0.167 e. The zero-order valence-electron chi connectivity index (χ0n) is 33.7. The lowest BCUT2D eigenvalue weighted by Gasteiger charge is -2.35. The second kappa shape index (κ2) is 12.8. The summed E-state index contributed by atoms with van der Waals surface area (Å²) in [6, 6.07) is 71.1. The molecule has 12 aromatic rings. The predicted molar refractivity (Wildman–Crippen MR) is 252 cm³/mol. The number of rotatable bonds is 3. The number of aromatic nitrogens is 3. The molecule has 0 saturated heterocycles. The SMILES string of the molecule is c1ccc2c(c1)-c1ccccc1C1(c3ccc(-c4nc(-c5cccc6c5oc5ccccc56)nc(-c5cccc6oc7ccccc7c56)n4)cc3-2)c2ccccc2-c2ccccc21. The molecule has 0 amide bonds. The fourth-order valence-corrected chi connectivity index (χ4v) is 10.8. The molecule has 63 heavy (non-hydrogen) atoms. The second-order valence-electron chi connectivity index (χ2n) is 16.6. The van der Waals surface area contributed by atoms with E-state index in [0.29, 0.717) is 17.5 Å². The lowest BCUT2D eigenvalue weighted by Crippen LogP contribution is -2.29. The van der Waals surface area contributed by atoms with Crippen molar-refractivity contribution in [3.63, 3.8) is 0 Å². The largest absolute Gasteiger partial charge is 0.456 e. The van der Waals surface area contributed by atoms with E-state index >= 15 is 0 Å². The topological polar surface area (TPSA) is 65.0 Å². The fourth-order valence-electron chi connectivity index (χ4n) is 10.8. The number of hydrogen-bond acceptors (Lipinski definition) is 5. The van der Waals surface area contributed by atoms with Crippen LogP contribution in [0.3, 0.4) is 0 Å². The van der Waals surface area contributed by atoms with Crippen LogP contribution in [-0.4, -0.2) is 15.0 Å². The Hall–Kier alpha value is -8.41. The molecule has 9 aromatic carbocycles. The van der Waals surface area contributed by atoms with Gasteiger partial charge >= 0.3 is 0 Å². The van der Waals surface area contributed by atoms with Gasteiger partial charge in [0.25, 0.3) is 0 Å². The third kappa shape index (κ3) is 4.68. The highest BCUT2D eigenvalue weighted by molar-refractivity contribution is 6.12. The summed E-state index contributed by atoms with van der Waals surface area (Å²) in [4.78, 5) is 16.1. The summed E-state index contributed by atoms with van der Waals surface area (Å²) >= 11 is 0. The highest BCUT2D eigenvalue weighted by atomic mass is 16.3. The number of hydrogen-bond donors (Lipinski definition) is 0. The molecule has 0 N–H and O–H groups in total. The van der Waals surface area contributed by atoms with Crippen molar-refractivity contribution in [3.05, 3.63) is 222 Å². The summed E-state index contributed by atoms with van der Waals surface area (Å²) in [5, 5.41) is 4.04. The van der Waals surface area contributed by atoms with E-state index in [2.05, 4.69) is 146 Å². The third-order valence-corrected chi connectivity index (χ3v) is 13.4. The van der Waals surface area contributed by atoms with Gasteiger partial charge in [0, 0.05) is 32.7 Å². The van der Waals surface area contributed by atoms with E-state index in [-0.39, 0.29) is 0 Å². The minimum Gasteiger partial charge on any atom is -0.456 e. The van der Waals surface area contributed by atoms with Gasteiger partial charge in [-0.3, -0.25) is 0 Å². The maximum absolute atomic E-state index is 6.60. The molecule has 3 aromatic heterocycles. The van der Waals surface area contributed by atoms with Gasteiger partial charge in [0.2, 0.25) is 0 Å². The quantitative estimate of drug-likeness (QED) is 0.178. The minimum atomic E-state index is -0.582. The van der Waals surface area contributed by atoms with Gasteiger partial charge < -0.3 is 8.83 Å². The molecule has 0 unspecified atom stereocenters. The fraction of sp³-hybridized carbons (Fsp3) is 0.0172. The first-order chi connectivity index (χ1) is 31.2. The van der Waals surface area contributed by atoms with Crippen LogP contribution in [0.15, 0.2) is 209 Å². The first kappa shape index (κ1) is 34.3. The average molecular weight is 804 g/mol. The summed E-state index contributed by atoms with van der Waals surface area (Å²) < 4.78 is 13.0. The second-order valence-corrected chi connectivity index (χ2v) is 16.6. The van der Waals surface area contributed by atoms with Crippen LogP contribution in [0.4, 0.5) is 0 Å². The normalized spacial score (nSPS) is 13.2. The Bertz CT molecular complexity index is 3850. The van der Waals surface area contributed by atoms with Crippen molar-refractivity contribution < 1.29 is 8.83 Å². The van der Waals surface area contributed by atoms with Gasteiger partial charge in [-0.15, -0.1) is 0 Å². The molecular weight excluding hydrogens is 771 g/mol. The van der Waals surface area contributed by atoms with Gasteiger partial charge in [-0.1, -0.05) is 170 Å². The number of furan rings is 2. The highest BCUT2D eigenvalue weighted by Crippen LogP contribution is 2.61. The number of nitrogens with zero attached hydrogens (tertiary/aromatic N) is 3. The van der Waals surface area contributed by atoms with Gasteiger partial charge in [0.1, 0.15) is 22.3 Å². The summed E-state index contributed by atoms with van der Waals surface area (Å²) in [5.41, 5.74) is 17.4. The molecule has 3 heterocycles. The van der Waals surface area contributed by atoms with Crippen LogP contribution < -0.4 is 0 Å². The average Bonchev–Trinajstić information content (AvgIpc) is 4.00. The van der Waals surface area contributed by atoms with Crippen LogP contribution in [0.1, 0.15) is 22.3 Å². The first-order valence-corrected chi connectivity index (χ1v) is 21.3. The van der Waals surface area contributed by atoms with Crippen LogP contribution in [0, 0.1) is 0 Å². The molecule has 5 nitrogen and oxygen atoms in total.